The van der Waals surface area contributed by atoms with Crippen LogP contribution < -0.4 is 0 Å². The number of rotatable bonds is 3. The molecule has 1 atom stereocenters. The van der Waals surface area contributed by atoms with E-state index in [-0.39, 0.29) is 5.38 Å². The molecule has 1 unspecified atom stereocenters. The maximum Gasteiger partial charge on any atom is 0.0718 e. The van der Waals surface area contributed by atoms with Crippen LogP contribution in [0.1, 0.15) is 20.7 Å². The van der Waals surface area contributed by atoms with Crippen molar-refractivity contribution >= 4 is 22.9 Å². The van der Waals surface area contributed by atoms with Crippen molar-refractivity contribution in [1.29, 1.82) is 0 Å². The maximum absolute atomic E-state index is 6.36. The van der Waals surface area contributed by atoms with E-state index < -0.39 is 0 Å². The third-order valence-electron chi connectivity index (χ3n) is 2.33. The van der Waals surface area contributed by atoms with E-state index in [1.807, 2.05) is 6.07 Å². The van der Waals surface area contributed by atoms with E-state index >= 15 is 0 Å². The zero-order valence-corrected chi connectivity index (χ0v) is 10.2. The second-order valence-corrected chi connectivity index (χ2v) is 5.45. The first-order chi connectivity index (χ1) is 7.25. The normalized spacial score (nSPS) is 12.7. The van der Waals surface area contributed by atoms with E-state index in [4.69, 9.17) is 11.6 Å². The highest BCUT2D eigenvalue weighted by Crippen LogP contribution is 2.30. The summed E-state index contributed by atoms with van der Waals surface area (Å²) in [6.07, 6.45) is 0.905. The molecule has 15 heavy (non-hydrogen) atoms. The monoisotopic (exact) mass is 236 g/mol. The molecule has 1 aromatic carbocycles. The van der Waals surface area contributed by atoms with Gasteiger partial charge in [0.25, 0.3) is 0 Å². The van der Waals surface area contributed by atoms with E-state index in [0.29, 0.717) is 0 Å². The van der Waals surface area contributed by atoms with Gasteiger partial charge in [0, 0.05) is 9.75 Å². The molecule has 1 heterocycles. The molecule has 0 aliphatic rings. The molecule has 0 fully saturated rings. The van der Waals surface area contributed by atoms with Gasteiger partial charge in [-0.15, -0.1) is 22.9 Å². The van der Waals surface area contributed by atoms with Crippen LogP contribution in [0.15, 0.2) is 42.5 Å². The summed E-state index contributed by atoms with van der Waals surface area (Å²) in [5.74, 6) is 0. The standard InChI is InChI=1S/C13H13ClS/c1-10-7-8-13(15-10)12(14)9-11-5-3-2-4-6-11/h2-8,12H,9H2,1H3. The van der Waals surface area contributed by atoms with Gasteiger partial charge in [-0.2, -0.15) is 0 Å². The summed E-state index contributed by atoms with van der Waals surface area (Å²) in [4.78, 5) is 2.58. The Labute approximate surface area is 99.5 Å². The molecule has 0 nitrogen and oxygen atoms in total. The van der Waals surface area contributed by atoms with Gasteiger partial charge in [-0.25, -0.2) is 0 Å². The summed E-state index contributed by atoms with van der Waals surface area (Å²) in [6.45, 7) is 2.11. The lowest BCUT2D eigenvalue weighted by Gasteiger charge is -2.06. The van der Waals surface area contributed by atoms with Gasteiger partial charge in [-0.1, -0.05) is 30.3 Å². The molecule has 0 spiro atoms. The van der Waals surface area contributed by atoms with Crippen molar-refractivity contribution in [3.63, 3.8) is 0 Å². The Balaban J connectivity index is 2.07. The molecular weight excluding hydrogens is 224 g/mol. The lowest BCUT2D eigenvalue weighted by molar-refractivity contribution is 0.940. The van der Waals surface area contributed by atoms with Crippen LogP contribution in [0.2, 0.25) is 0 Å². The molecule has 2 heteroatoms. The number of thiophene rings is 1. The number of alkyl halides is 1. The first-order valence-corrected chi connectivity index (χ1v) is 6.25. The molecule has 0 aliphatic carbocycles. The Morgan fingerprint density at radius 1 is 1.13 bits per heavy atom. The van der Waals surface area contributed by atoms with Crippen LogP contribution in [-0.2, 0) is 6.42 Å². The average Bonchev–Trinajstić information content (AvgIpc) is 2.66. The van der Waals surface area contributed by atoms with Gasteiger partial charge in [-0.3, -0.25) is 0 Å². The topological polar surface area (TPSA) is 0 Å². The first kappa shape index (κ1) is 10.7. The highest BCUT2D eigenvalue weighted by atomic mass is 35.5. The summed E-state index contributed by atoms with van der Waals surface area (Å²) < 4.78 is 0. The average molecular weight is 237 g/mol. The minimum absolute atomic E-state index is 0.103. The first-order valence-electron chi connectivity index (χ1n) is 5.00. The van der Waals surface area contributed by atoms with Gasteiger partial charge >= 0.3 is 0 Å². The van der Waals surface area contributed by atoms with Crippen molar-refractivity contribution in [2.75, 3.05) is 0 Å². The third kappa shape index (κ3) is 2.83. The van der Waals surface area contributed by atoms with E-state index in [1.165, 1.54) is 15.3 Å². The van der Waals surface area contributed by atoms with E-state index in [1.54, 1.807) is 11.3 Å². The molecule has 0 saturated carbocycles. The summed E-state index contributed by atoms with van der Waals surface area (Å²) in [7, 11) is 0. The van der Waals surface area contributed by atoms with Crippen LogP contribution in [0.5, 0.6) is 0 Å². The highest BCUT2D eigenvalue weighted by molar-refractivity contribution is 7.12. The Kier molecular flexibility index (Phi) is 3.45. The molecule has 78 valence electrons. The summed E-state index contributed by atoms with van der Waals surface area (Å²) in [5.41, 5.74) is 1.29. The molecule has 0 radical (unpaired) electrons. The molecule has 0 saturated heterocycles. The maximum atomic E-state index is 6.36. The quantitative estimate of drug-likeness (QED) is 0.685. The predicted molar refractivity (Wildman–Crippen MR) is 67.8 cm³/mol. The smallest absolute Gasteiger partial charge is 0.0718 e. The zero-order chi connectivity index (χ0) is 10.7. The Morgan fingerprint density at radius 3 is 2.47 bits per heavy atom. The van der Waals surface area contributed by atoms with E-state index in [2.05, 4.69) is 43.3 Å². The summed E-state index contributed by atoms with van der Waals surface area (Å²) >= 11 is 8.15. The van der Waals surface area contributed by atoms with Gasteiger partial charge in [0.1, 0.15) is 0 Å². The van der Waals surface area contributed by atoms with Gasteiger partial charge in [0.05, 0.1) is 5.38 Å². The molecule has 1 aromatic heterocycles. The van der Waals surface area contributed by atoms with Crippen LogP contribution in [0.4, 0.5) is 0 Å². The fraction of sp³-hybridized carbons (Fsp3) is 0.231. The fourth-order valence-corrected chi connectivity index (χ4v) is 2.78. The number of halogens is 1. The molecule has 0 N–H and O–H groups in total. The molecule has 0 bridgehead atoms. The van der Waals surface area contributed by atoms with Crippen LogP contribution in [0.25, 0.3) is 0 Å². The van der Waals surface area contributed by atoms with Crippen molar-refractivity contribution in [2.24, 2.45) is 0 Å². The molecule has 2 aromatic rings. The highest BCUT2D eigenvalue weighted by Gasteiger charge is 2.10. The largest absolute Gasteiger partial charge is 0.144 e. The van der Waals surface area contributed by atoms with Crippen LogP contribution >= 0.6 is 22.9 Å². The summed E-state index contributed by atoms with van der Waals surface area (Å²) in [5, 5.41) is 0.103. The van der Waals surface area contributed by atoms with Gasteiger partial charge in [0.2, 0.25) is 0 Å². The van der Waals surface area contributed by atoms with Crippen molar-refractivity contribution < 1.29 is 0 Å². The zero-order valence-electron chi connectivity index (χ0n) is 8.61. The van der Waals surface area contributed by atoms with Crippen LogP contribution in [0.3, 0.4) is 0 Å². The Hall–Kier alpha value is -0.790. The van der Waals surface area contributed by atoms with Crippen molar-refractivity contribution in [3.8, 4) is 0 Å². The Morgan fingerprint density at radius 2 is 1.87 bits per heavy atom. The van der Waals surface area contributed by atoms with Crippen molar-refractivity contribution in [1.82, 2.24) is 0 Å². The van der Waals surface area contributed by atoms with Gasteiger partial charge < -0.3 is 0 Å². The second-order valence-electron chi connectivity index (χ2n) is 3.61. The van der Waals surface area contributed by atoms with E-state index in [0.717, 1.165) is 6.42 Å². The third-order valence-corrected chi connectivity index (χ3v) is 3.96. The SMILES string of the molecule is Cc1ccc(C(Cl)Cc2ccccc2)s1. The molecular formula is C13H13ClS. The summed E-state index contributed by atoms with van der Waals surface area (Å²) in [6, 6.07) is 14.6. The van der Waals surface area contributed by atoms with Crippen molar-refractivity contribution in [2.45, 2.75) is 18.7 Å². The number of hydrogen-bond acceptors (Lipinski definition) is 1. The van der Waals surface area contributed by atoms with Gasteiger partial charge in [-0.05, 0) is 31.0 Å². The molecule has 2 rings (SSSR count). The number of hydrogen-bond donors (Lipinski definition) is 0. The lowest BCUT2D eigenvalue weighted by atomic mass is 10.1. The van der Waals surface area contributed by atoms with Crippen LogP contribution in [-0.4, -0.2) is 0 Å². The van der Waals surface area contributed by atoms with Gasteiger partial charge in [0.15, 0.2) is 0 Å². The molecule has 0 aliphatic heterocycles. The van der Waals surface area contributed by atoms with Crippen molar-refractivity contribution in [3.05, 3.63) is 57.8 Å². The predicted octanol–water partition coefficient (Wildman–Crippen LogP) is 4.58. The molecule has 0 amide bonds. The van der Waals surface area contributed by atoms with Crippen LogP contribution in [0, 0.1) is 6.92 Å². The Bertz CT molecular complexity index is 419. The lowest BCUT2D eigenvalue weighted by Crippen LogP contribution is -1.92. The fourth-order valence-electron chi connectivity index (χ4n) is 1.54. The number of aryl methyl sites for hydroxylation is 1. The minimum atomic E-state index is 0.103. The number of benzene rings is 1. The second kappa shape index (κ2) is 4.82. The minimum Gasteiger partial charge on any atom is -0.144 e. The van der Waals surface area contributed by atoms with E-state index in [9.17, 15) is 0 Å².